The molecule has 0 fully saturated rings. The molecule has 2 unspecified atom stereocenters. The van der Waals surface area contributed by atoms with Gasteiger partial charge >= 0.3 is 0 Å². The number of Topliss-reactive ketones (excluding diaryl/α,β-unsaturated/α-hetero) is 1. The number of amides is 2. The van der Waals surface area contributed by atoms with E-state index in [4.69, 9.17) is 0 Å². The predicted octanol–water partition coefficient (Wildman–Crippen LogP) is 9.86. The van der Waals surface area contributed by atoms with E-state index in [-0.39, 0.29) is 35.0 Å². The smallest absolute Gasteiger partial charge is 0.223 e. The van der Waals surface area contributed by atoms with Gasteiger partial charge in [-0.25, -0.2) is 0 Å². The highest BCUT2D eigenvalue weighted by Gasteiger charge is 2.30. The molecule has 0 radical (unpaired) electrons. The molecule has 0 bridgehead atoms. The minimum Gasteiger partial charge on any atom is -0.352 e. The molecule has 0 aliphatic carbocycles. The Balaban J connectivity index is 0. The topological polar surface area (TPSA) is 75.3 Å². The summed E-state index contributed by atoms with van der Waals surface area (Å²) >= 11 is 1.80. The maximum absolute atomic E-state index is 12.1. The molecule has 1 rings (SSSR count). The number of hydrogen-bond acceptors (Lipinski definition) is 4. The zero-order chi connectivity index (χ0) is 32.9. The minimum absolute atomic E-state index is 0.0940. The monoisotopic (exact) mass is 602 g/mol. The Kier molecular flexibility index (Phi) is 23.0. The van der Waals surface area contributed by atoms with E-state index in [1.54, 1.807) is 11.8 Å². The highest BCUT2D eigenvalue weighted by atomic mass is 32.2. The summed E-state index contributed by atoms with van der Waals surface area (Å²) in [7, 11) is 0. The van der Waals surface area contributed by atoms with Gasteiger partial charge in [-0.05, 0) is 62.0 Å². The van der Waals surface area contributed by atoms with E-state index in [2.05, 4.69) is 74.9 Å². The summed E-state index contributed by atoms with van der Waals surface area (Å²) in [6.45, 7) is 26.7. The molecule has 0 heterocycles. The van der Waals surface area contributed by atoms with Gasteiger partial charge in [0.2, 0.25) is 11.8 Å². The van der Waals surface area contributed by atoms with Gasteiger partial charge in [0.25, 0.3) is 0 Å². The second kappa shape index (κ2) is 23.2. The molecule has 0 saturated carbocycles. The molecule has 0 aliphatic heterocycles. The van der Waals surface area contributed by atoms with Crippen LogP contribution in [0.15, 0.2) is 40.8 Å². The van der Waals surface area contributed by atoms with Gasteiger partial charge < -0.3 is 10.6 Å². The standard InChI is InChI=1S/C23H35NOS.C11H21NO2.C2H6/c1-7-9-10-19(6)23(25)24-15-20-11-13-21(14-12-20)22(17(3)4)26-16-18(5)8-2;1-6-7-9(14)10(11(3,4)5)12-8(2)13;1-2/h11-14,16,19H,7-10,15H2,1-6H3,(H,24,25);10H,6-7H2,1-5H3,(H,12,13);1-2H3. The third-order valence-corrected chi connectivity index (χ3v) is 7.94. The van der Waals surface area contributed by atoms with Crippen LogP contribution in [0.25, 0.3) is 4.91 Å². The van der Waals surface area contributed by atoms with Crippen LogP contribution in [0, 0.1) is 11.3 Å². The number of benzene rings is 1. The van der Waals surface area contributed by atoms with Gasteiger partial charge in [0.15, 0.2) is 5.78 Å². The Morgan fingerprint density at radius 3 is 1.93 bits per heavy atom. The van der Waals surface area contributed by atoms with Crippen molar-refractivity contribution in [3.63, 3.8) is 0 Å². The predicted molar refractivity (Wildman–Crippen MR) is 185 cm³/mol. The lowest BCUT2D eigenvalue weighted by molar-refractivity contribution is -0.129. The molecule has 0 aromatic heterocycles. The lowest BCUT2D eigenvalue weighted by Gasteiger charge is -2.29. The van der Waals surface area contributed by atoms with Crippen molar-refractivity contribution in [3.05, 3.63) is 51.9 Å². The molecule has 2 N–H and O–H groups in total. The van der Waals surface area contributed by atoms with Crippen molar-refractivity contribution in [2.75, 3.05) is 0 Å². The fraction of sp³-hybridized carbons (Fsp3) is 0.639. The molecule has 0 aliphatic rings. The zero-order valence-electron chi connectivity index (χ0n) is 29.1. The Hall–Kier alpha value is -2.34. The maximum atomic E-state index is 12.1. The van der Waals surface area contributed by atoms with Crippen molar-refractivity contribution in [1.29, 1.82) is 0 Å². The summed E-state index contributed by atoms with van der Waals surface area (Å²) in [5, 5.41) is 8.02. The van der Waals surface area contributed by atoms with Crippen LogP contribution in [0.5, 0.6) is 0 Å². The lowest BCUT2D eigenvalue weighted by atomic mass is 9.83. The van der Waals surface area contributed by atoms with Gasteiger partial charge in [0.1, 0.15) is 0 Å². The number of hydrogen-bond donors (Lipinski definition) is 2. The molecule has 5 nitrogen and oxygen atoms in total. The van der Waals surface area contributed by atoms with Crippen molar-refractivity contribution in [2.45, 2.75) is 141 Å². The van der Waals surface area contributed by atoms with Gasteiger partial charge in [-0.1, -0.05) is 122 Å². The fourth-order valence-corrected chi connectivity index (χ4v) is 4.86. The second-order valence-electron chi connectivity index (χ2n) is 11.9. The van der Waals surface area contributed by atoms with E-state index < -0.39 is 0 Å². The molecule has 6 heteroatoms. The van der Waals surface area contributed by atoms with Gasteiger partial charge in [0, 0.05) is 30.7 Å². The van der Waals surface area contributed by atoms with Crippen LogP contribution in [0.3, 0.4) is 0 Å². The number of ketones is 1. The summed E-state index contributed by atoms with van der Waals surface area (Å²) in [6, 6.07) is 8.19. The first-order valence-corrected chi connectivity index (χ1v) is 16.7. The summed E-state index contributed by atoms with van der Waals surface area (Å²) in [4.78, 5) is 36.1. The largest absolute Gasteiger partial charge is 0.352 e. The molecule has 240 valence electrons. The van der Waals surface area contributed by atoms with Crippen molar-refractivity contribution in [2.24, 2.45) is 11.3 Å². The van der Waals surface area contributed by atoms with E-state index in [0.717, 1.165) is 37.7 Å². The van der Waals surface area contributed by atoms with Crippen LogP contribution in [0.1, 0.15) is 140 Å². The van der Waals surface area contributed by atoms with Crippen molar-refractivity contribution in [3.8, 4) is 0 Å². The Morgan fingerprint density at radius 2 is 1.50 bits per heavy atom. The highest BCUT2D eigenvalue weighted by molar-refractivity contribution is 8.11. The minimum atomic E-state index is -0.361. The van der Waals surface area contributed by atoms with E-state index >= 15 is 0 Å². The number of carbonyl (C=O) groups excluding carboxylic acids is 3. The lowest BCUT2D eigenvalue weighted by Crippen LogP contribution is -2.48. The molecule has 1 aromatic rings. The maximum Gasteiger partial charge on any atom is 0.223 e. The first-order valence-electron chi connectivity index (χ1n) is 15.8. The van der Waals surface area contributed by atoms with Crippen molar-refractivity contribution in [1.82, 2.24) is 10.6 Å². The summed E-state index contributed by atoms with van der Waals surface area (Å²) in [6.07, 6.45) is 5.65. The Labute approximate surface area is 263 Å². The Morgan fingerprint density at radius 1 is 0.929 bits per heavy atom. The molecule has 0 saturated heterocycles. The molecular weight excluding hydrogens is 540 g/mol. The summed E-state index contributed by atoms with van der Waals surface area (Å²) < 4.78 is 0. The molecule has 0 spiro atoms. The number of carbonyl (C=O) groups is 3. The number of unbranched alkanes of at least 4 members (excludes halogenated alkanes) is 1. The summed E-state index contributed by atoms with van der Waals surface area (Å²) in [5.41, 5.74) is 4.88. The van der Waals surface area contributed by atoms with Crippen LogP contribution < -0.4 is 10.6 Å². The van der Waals surface area contributed by atoms with Crippen LogP contribution in [0.4, 0.5) is 0 Å². The van der Waals surface area contributed by atoms with E-state index in [9.17, 15) is 14.4 Å². The quantitative estimate of drug-likeness (QED) is 0.222. The molecular formula is C36H62N2O3S. The van der Waals surface area contributed by atoms with Crippen LogP contribution in [-0.2, 0) is 20.9 Å². The van der Waals surface area contributed by atoms with Crippen molar-refractivity contribution < 1.29 is 14.4 Å². The number of thioether (sulfide) groups is 1. The number of rotatable bonds is 14. The van der Waals surface area contributed by atoms with Gasteiger partial charge in [-0.15, -0.1) is 0 Å². The molecule has 42 heavy (non-hydrogen) atoms. The van der Waals surface area contributed by atoms with Crippen LogP contribution in [0.2, 0.25) is 0 Å². The average molecular weight is 603 g/mol. The SMILES string of the molecule is CC.CCCC(=O)C(NC(C)=O)C(C)(C)C.CCCCC(C)C(=O)NCc1ccc(C(SC=C(C)CC)=C(C)C)cc1. The van der Waals surface area contributed by atoms with E-state index in [1.165, 1.54) is 28.5 Å². The first kappa shape index (κ1) is 41.8. The zero-order valence-corrected chi connectivity index (χ0v) is 29.9. The van der Waals surface area contributed by atoms with Gasteiger partial charge in [-0.2, -0.15) is 0 Å². The van der Waals surface area contributed by atoms with Crippen LogP contribution >= 0.6 is 11.8 Å². The van der Waals surface area contributed by atoms with E-state index in [1.807, 2.05) is 48.5 Å². The Bertz CT molecular complexity index is 984. The fourth-order valence-electron chi connectivity index (χ4n) is 3.87. The van der Waals surface area contributed by atoms with Gasteiger partial charge in [0.05, 0.1) is 6.04 Å². The second-order valence-corrected chi connectivity index (χ2v) is 12.8. The summed E-state index contributed by atoms with van der Waals surface area (Å²) in [5.74, 6) is 0.226. The molecule has 1 aromatic carbocycles. The third kappa shape index (κ3) is 18.3. The molecule has 2 atom stereocenters. The van der Waals surface area contributed by atoms with Crippen LogP contribution in [-0.4, -0.2) is 23.6 Å². The highest BCUT2D eigenvalue weighted by Crippen LogP contribution is 2.33. The molecule has 2 amide bonds. The van der Waals surface area contributed by atoms with Gasteiger partial charge in [-0.3, -0.25) is 14.4 Å². The van der Waals surface area contributed by atoms with E-state index in [0.29, 0.717) is 13.0 Å². The third-order valence-electron chi connectivity index (χ3n) is 6.54. The van der Waals surface area contributed by atoms with Crippen molar-refractivity contribution >= 4 is 34.3 Å². The normalized spacial score (nSPS) is 12.5. The average Bonchev–Trinajstić information content (AvgIpc) is 2.94. The number of allylic oxidation sites excluding steroid dienone is 2. The first-order chi connectivity index (χ1) is 19.7. The number of nitrogens with one attached hydrogen (secondary N) is 2.